The Morgan fingerprint density at radius 2 is 0.805 bits per heavy atom. The predicted molar refractivity (Wildman–Crippen MR) is 141 cm³/mol. The molecule has 0 radical (unpaired) electrons. The van der Waals surface area contributed by atoms with Crippen LogP contribution in [0.15, 0.2) is 97.1 Å². The topological polar surface area (TPSA) is 54.0 Å². The first-order valence-electron chi connectivity index (χ1n) is 12.8. The third-order valence-electron chi connectivity index (χ3n) is 7.43. The van der Waals surface area contributed by atoms with E-state index in [9.17, 15) is 4.57 Å². The van der Waals surface area contributed by atoms with E-state index in [1.165, 1.54) is 72.8 Å². The lowest BCUT2D eigenvalue weighted by Gasteiger charge is -2.38. The summed E-state index contributed by atoms with van der Waals surface area (Å²) in [7, 11) is -3.37. The van der Waals surface area contributed by atoms with Gasteiger partial charge in [-0.05, 0) is 38.1 Å². The van der Waals surface area contributed by atoms with Crippen molar-refractivity contribution in [3.8, 4) is 0 Å². The Balaban J connectivity index is 1.76. The molecule has 6 rings (SSSR count). The normalized spacial score (nSPS) is 22.6. The van der Waals surface area contributed by atoms with Crippen molar-refractivity contribution in [3.63, 3.8) is 0 Å². The van der Waals surface area contributed by atoms with E-state index < -0.39 is 60.7 Å². The Bertz CT molecular complexity index is 1440. The minimum Gasteiger partial charge on any atom is -0.340 e. The number of fused-ring (bicyclic) bond motifs is 1. The summed E-state index contributed by atoms with van der Waals surface area (Å²) in [5, 5.41) is 0. The molecule has 0 saturated carbocycles. The summed E-state index contributed by atoms with van der Waals surface area (Å²) in [5.41, 5.74) is -5.50. The van der Waals surface area contributed by atoms with E-state index in [1.807, 2.05) is 0 Å². The summed E-state index contributed by atoms with van der Waals surface area (Å²) < 4.78 is 102. The van der Waals surface area contributed by atoms with Gasteiger partial charge in [0.05, 0.1) is 0 Å². The lowest BCUT2D eigenvalue weighted by atomic mass is 9.71. The van der Waals surface area contributed by atoms with Crippen LogP contribution in [0.3, 0.4) is 0 Å². The smallest absolute Gasteiger partial charge is 0.340 e. The second-order valence-corrected chi connectivity index (χ2v) is 11.1. The molecule has 5 nitrogen and oxygen atoms in total. The van der Waals surface area contributed by atoms with Gasteiger partial charge in [0.1, 0.15) is 35.5 Å². The second kappa shape index (κ2) is 10.1. The van der Waals surface area contributed by atoms with E-state index in [0.717, 1.165) is 24.3 Å². The van der Waals surface area contributed by atoms with Gasteiger partial charge in [-0.25, -0.2) is 17.6 Å². The SMILES string of the molecule is CC1(C)O[C@@H]2[C@@H](O1)C(c1ccccc1F)(c1ccccc1F)O[P+](=O)OC2(c1ccccc1F)c1ccccc1F. The molecule has 2 fully saturated rings. The van der Waals surface area contributed by atoms with Crippen LogP contribution in [0.25, 0.3) is 0 Å². The standard InChI is InChI=1S/C31H24F4O5P/c1-29(2)37-27-28(38-29)31(21-13-5-9-17-25(21)34,22-14-6-10-18-26(22)35)40-41(36)39-30(27,19-11-3-7-15-23(19)32)20-12-4-8-16-24(20)33/h3-18,27-28H,1-2H3/q+1/t27-,28-/m1/s1. The maximum atomic E-state index is 15.8. The third-order valence-corrected chi connectivity index (χ3v) is 8.30. The lowest BCUT2D eigenvalue weighted by Crippen LogP contribution is -2.54. The molecule has 4 aromatic carbocycles. The summed E-state index contributed by atoms with van der Waals surface area (Å²) in [6.07, 6.45) is -3.10. The highest BCUT2D eigenvalue weighted by Crippen LogP contribution is 2.62. The van der Waals surface area contributed by atoms with Crippen molar-refractivity contribution in [3.05, 3.63) is 143 Å². The molecule has 4 aromatic rings. The van der Waals surface area contributed by atoms with Gasteiger partial charge in [-0.1, -0.05) is 81.8 Å². The minimum atomic E-state index is -3.37. The highest BCUT2D eigenvalue weighted by atomic mass is 31.1. The second-order valence-electron chi connectivity index (χ2n) is 10.3. The molecule has 0 spiro atoms. The fourth-order valence-electron chi connectivity index (χ4n) is 5.86. The fraction of sp³-hybridized carbons (Fsp3) is 0.226. The van der Waals surface area contributed by atoms with Crippen LogP contribution >= 0.6 is 8.25 Å². The quantitative estimate of drug-likeness (QED) is 0.183. The maximum Gasteiger partial charge on any atom is 0.700 e. The third kappa shape index (κ3) is 4.31. The molecule has 10 heteroatoms. The first-order valence-corrected chi connectivity index (χ1v) is 13.9. The minimum absolute atomic E-state index is 0.230. The molecule has 0 bridgehead atoms. The van der Waals surface area contributed by atoms with Crippen molar-refractivity contribution in [2.24, 2.45) is 0 Å². The van der Waals surface area contributed by atoms with Crippen LogP contribution < -0.4 is 0 Å². The average molecular weight is 583 g/mol. The molecule has 0 N–H and O–H groups in total. The summed E-state index contributed by atoms with van der Waals surface area (Å²) >= 11 is 0. The Kier molecular flexibility index (Phi) is 6.83. The molecule has 2 heterocycles. The summed E-state index contributed by atoms with van der Waals surface area (Å²) in [6, 6.07) is 21.6. The molecule has 0 amide bonds. The monoisotopic (exact) mass is 583 g/mol. The Labute approximate surface area is 234 Å². The number of benzene rings is 4. The largest absolute Gasteiger partial charge is 0.700 e. The Morgan fingerprint density at radius 3 is 1.07 bits per heavy atom. The van der Waals surface area contributed by atoms with Gasteiger partial charge in [0, 0.05) is 26.8 Å². The van der Waals surface area contributed by atoms with E-state index in [4.69, 9.17) is 18.5 Å². The van der Waals surface area contributed by atoms with Crippen LogP contribution in [0.2, 0.25) is 0 Å². The van der Waals surface area contributed by atoms with Crippen molar-refractivity contribution in [2.45, 2.75) is 43.0 Å². The zero-order chi connectivity index (χ0) is 29.0. The summed E-state index contributed by atoms with van der Waals surface area (Å²) in [4.78, 5) is 0. The van der Waals surface area contributed by atoms with Crippen LogP contribution in [0.1, 0.15) is 36.1 Å². The molecule has 2 aliphatic heterocycles. The molecule has 2 aliphatic rings. The molecule has 2 atom stereocenters. The van der Waals surface area contributed by atoms with Gasteiger partial charge in [-0.3, -0.25) is 0 Å². The molecule has 41 heavy (non-hydrogen) atoms. The summed E-state index contributed by atoms with van der Waals surface area (Å²) in [5.74, 6) is -4.77. The fourth-order valence-corrected chi connectivity index (χ4v) is 6.97. The Hall–Kier alpha value is -3.46. The molecule has 210 valence electrons. The number of ether oxygens (including phenoxy) is 2. The zero-order valence-electron chi connectivity index (χ0n) is 21.9. The van der Waals surface area contributed by atoms with E-state index in [2.05, 4.69) is 0 Å². The number of hydrogen-bond donors (Lipinski definition) is 0. The van der Waals surface area contributed by atoms with Crippen molar-refractivity contribution >= 4 is 8.25 Å². The first-order chi connectivity index (χ1) is 19.6. The van der Waals surface area contributed by atoms with E-state index in [1.54, 1.807) is 13.8 Å². The molecular formula is C31H24F4O5P+. The number of hydrogen-bond acceptors (Lipinski definition) is 5. The van der Waals surface area contributed by atoms with Crippen LogP contribution in [0.5, 0.6) is 0 Å². The van der Waals surface area contributed by atoms with Crippen LogP contribution in [0, 0.1) is 23.3 Å². The van der Waals surface area contributed by atoms with E-state index in [0.29, 0.717) is 0 Å². The molecule has 2 saturated heterocycles. The van der Waals surface area contributed by atoms with Crippen LogP contribution in [-0.2, 0) is 34.3 Å². The van der Waals surface area contributed by atoms with Crippen LogP contribution in [-0.4, -0.2) is 18.0 Å². The van der Waals surface area contributed by atoms with Crippen molar-refractivity contribution in [1.82, 2.24) is 0 Å². The van der Waals surface area contributed by atoms with Gasteiger partial charge in [0.15, 0.2) is 5.79 Å². The number of rotatable bonds is 4. The molecular weight excluding hydrogens is 559 g/mol. The van der Waals surface area contributed by atoms with Crippen molar-refractivity contribution < 1.29 is 40.6 Å². The van der Waals surface area contributed by atoms with Gasteiger partial charge < -0.3 is 9.47 Å². The highest BCUT2D eigenvalue weighted by molar-refractivity contribution is 7.33. The van der Waals surface area contributed by atoms with Crippen molar-refractivity contribution in [1.29, 1.82) is 0 Å². The van der Waals surface area contributed by atoms with E-state index in [-0.39, 0.29) is 22.3 Å². The van der Waals surface area contributed by atoms with E-state index >= 15 is 17.6 Å². The van der Waals surface area contributed by atoms with Gasteiger partial charge >= 0.3 is 8.25 Å². The van der Waals surface area contributed by atoms with Crippen molar-refractivity contribution in [2.75, 3.05) is 0 Å². The van der Waals surface area contributed by atoms with Gasteiger partial charge in [-0.2, -0.15) is 0 Å². The lowest BCUT2D eigenvalue weighted by molar-refractivity contribution is -0.175. The highest BCUT2D eigenvalue weighted by Gasteiger charge is 2.73. The maximum absolute atomic E-state index is 15.8. The zero-order valence-corrected chi connectivity index (χ0v) is 22.8. The summed E-state index contributed by atoms with van der Waals surface area (Å²) in [6.45, 7) is 3.09. The van der Waals surface area contributed by atoms with Gasteiger partial charge in [-0.15, -0.1) is 0 Å². The first kappa shape index (κ1) is 27.7. The predicted octanol–water partition coefficient (Wildman–Crippen LogP) is 7.65. The van der Waals surface area contributed by atoms with Gasteiger partial charge in [0.25, 0.3) is 0 Å². The Morgan fingerprint density at radius 1 is 0.537 bits per heavy atom. The molecule has 0 unspecified atom stereocenters. The molecule has 0 aromatic heterocycles. The number of halogens is 4. The van der Waals surface area contributed by atoms with Gasteiger partial charge in [0.2, 0.25) is 11.2 Å². The van der Waals surface area contributed by atoms with Crippen LogP contribution in [0.4, 0.5) is 17.6 Å². The average Bonchev–Trinajstić information content (AvgIpc) is 3.23. The molecule has 0 aliphatic carbocycles.